The molecule has 0 aliphatic carbocycles. The van der Waals surface area contributed by atoms with Crippen LogP contribution in [0.1, 0.15) is 11.1 Å². The zero-order chi connectivity index (χ0) is 14.5. The summed E-state index contributed by atoms with van der Waals surface area (Å²) in [5, 5.41) is 3.36. The molecule has 0 aromatic heterocycles. The van der Waals surface area contributed by atoms with Crippen molar-refractivity contribution in [2.75, 3.05) is 19.4 Å². The van der Waals surface area contributed by atoms with E-state index in [9.17, 15) is 4.39 Å². The molecule has 0 aliphatic rings. The van der Waals surface area contributed by atoms with Gasteiger partial charge in [0.25, 0.3) is 0 Å². The van der Waals surface area contributed by atoms with E-state index in [1.165, 1.54) is 5.56 Å². The molecule has 2 aromatic rings. The second-order valence-corrected chi connectivity index (χ2v) is 5.41. The van der Waals surface area contributed by atoms with Crippen molar-refractivity contribution in [1.82, 2.24) is 4.90 Å². The normalized spacial score (nSPS) is 10.8. The predicted octanol–water partition coefficient (Wildman–Crippen LogP) is 4.15. The number of nitrogens with one attached hydrogen (secondary N) is 1. The molecule has 0 saturated carbocycles. The lowest BCUT2D eigenvalue weighted by atomic mass is 10.1. The predicted molar refractivity (Wildman–Crippen MR) is 82.6 cm³/mol. The summed E-state index contributed by atoms with van der Waals surface area (Å²) in [6, 6.07) is 13.2. The monoisotopic (exact) mass is 292 g/mol. The second-order valence-electron chi connectivity index (χ2n) is 5.00. The highest BCUT2D eigenvalue weighted by Crippen LogP contribution is 2.19. The van der Waals surface area contributed by atoms with Crippen molar-refractivity contribution in [2.24, 2.45) is 0 Å². The van der Waals surface area contributed by atoms with Crippen LogP contribution >= 0.6 is 11.6 Å². The quantitative estimate of drug-likeness (QED) is 0.890. The van der Waals surface area contributed by atoms with Gasteiger partial charge in [0.05, 0.1) is 5.02 Å². The maximum Gasteiger partial charge on any atom is 0.146 e. The third-order valence-electron chi connectivity index (χ3n) is 2.97. The minimum atomic E-state index is -0.356. The van der Waals surface area contributed by atoms with Gasteiger partial charge in [-0.15, -0.1) is 0 Å². The van der Waals surface area contributed by atoms with Crippen molar-refractivity contribution in [3.63, 3.8) is 0 Å². The first-order valence-corrected chi connectivity index (χ1v) is 6.84. The van der Waals surface area contributed by atoms with Gasteiger partial charge in [-0.05, 0) is 37.9 Å². The molecule has 4 heteroatoms. The summed E-state index contributed by atoms with van der Waals surface area (Å²) in [6.45, 7) is 1.32. The lowest BCUT2D eigenvalue weighted by Gasteiger charge is -2.11. The van der Waals surface area contributed by atoms with E-state index in [0.29, 0.717) is 12.1 Å². The number of benzene rings is 2. The van der Waals surface area contributed by atoms with Crippen LogP contribution in [0.15, 0.2) is 42.5 Å². The lowest BCUT2D eigenvalue weighted by molar-refractivity contribution is 0.402. The molecule has 0 saturated heterocycles. The first-order valence-electron chi connectivity index (χ1n) is 6.46. The van der Waals surface area contributed by atoms with E-state index in [2.05, 4.69) is 22.3 Å². The van der Waals surface area contributed by atoms with Crippen LogP contribution in [-0.2, 0) is 13.1 Å². The van der Waals surface area contributed by atoms with Crippen LogP contribution in [0.5, 0.6) is 0 Å². The standard InChI is InChI=1S/C16H18ClFN2/c1-20(2)11-12-6-8-14(9-7-12)19-10-13-4-3-5-15(17)16(13)18/h3-9,19H,10-11H2,1-2H3. The van der Waals surface area contributed by atoms with Crippen LogP contribution in [0.3, 0.4) is 0 Å². The summed E-state index contributed by atoms with van der Waals surface area (Å²) in [6.07, 6.45) is 0. The van der Waals surface area contributed by atoms with Gasteiger partial charge in [-0.2, -0.15) is 0 Å². The molecule has 0 bridgehead atoms. The number of halogens is 2. The van der Waals surface area contributed by atoms with Gasteiger partial charge in [0.1, 0.15) is 5.82 Å². The van der Waals surface area contributed by atoms with E-state index < -0.39 is 0 Å². The molecule has 0 aliphatic heterocycles. The van der Waals surface area contributed by atoms with E-state index >= 15 is 0 Å². The van der Waals surface area contributed by atoms with Crippen LogP contribution in [-0.4, -0.2) is 19.0 Å². The van der Waals surface area contributed by atoms with E-state index in [0.717, 1.165) is 12.2 Å². The van der Waals surface area contributed by atoms with Crippen LogP contribution < -0.4 is 5.32 Å². The van der Waals surface area contributed by atoms with Crippen LogP contribution in [0, 0.1) is 5.82 Å². The van der Waals surface area contributed by atoms with Crippen molar-refractivity contribution in [1.29, 1.82) is 0 Å². The summed E-state index contributed by atoms with van der Waals surface area (Å²) in [5.74, 6) is -0.356. The first-order chi connectivity index (χ1) is 9.56. The molecule has 0 atom stereocenters. The molecule has 2 nitrogen and oxygen atoms in total. The summed E-state index contributed by atoms with van der Waals surface area (Å²) in [4.78, 5) is 2.11. The molecule has 0 heterocycles. The Bertz CT molecular complexity index is 567. The Labute approximate surface area is 124 Å². The minimum absolute atomic E-state index is 0.158. The molecular weight excluding hydrogens is 275 g/mol. The third-order valence-corrected chi connectivity index (χ3v) is 3.26. The van der Waals surface area contributed by atoms with Gasteiger partial charge in [0, 0.05) is 24.3 Å². The number of rotatable bonds is 5. The molecular formula is C16H18ClFN2. The maximum atomic E-state index is 13.7. The molecule has 0 fully saturated rings. The zero-order valence-corrected chi connectivity index (χ0v) is 12.4. The van der Waals surface area contributed by atoms with E-state index in [1.54, 1.807) is 18.2 Å². The molecule has 0 radical (unpaired) electrons. The van der Waals surface area contributed by atoms with Crippen molar-refractivity contribution in [3.05, 3.63) is 64.4 Å². The Kier molecular flexibility index (Phi) is 4.99. The fraction of sp³-hybridized carbons (Fsp3) is 0.250. The summed E-state index contributed by atoms with van der Waals surface area (Å²) in [5.41, 5.74) is 2.77. The Morgan fingerprint density at radius 3 is 2.45 bits per heavy atom. The van der Waals surface area contributed by atoms with Crippen LogP contribution in [0.4, 0.5) is 10.1 Å². The highest BCUT2D eigenvalue weighted by atomic mass is 35.5. The average Bonchev–Trinajstić information content (AvgIpc) is 2.41. The maximum absolute atomic E-state index is 13.7. The molecule has 106 valence electrons. The van der Waals surface area contributed by atoms with E-state index in [-0.39, 0.29) is 10.8 Å². The molecule has 2 rings (SSSR count). The highest BCUT2D eigenvalue weighted by Gasteiger charge is 2.05. The van der Waals surface area contributed by atoms with Crippen molar-refractivity contribution in [3.8, 4) is 0 Å². The number of hydrogen-bond acceptors (Lipinski definition) is 2. The number of hydrogen-bond donors (Lipinski definition) is 1. The van der Waals surface area contributed by atoms with E-state index in [4.69, 9.17) is 11.6 Å². The Morgan fingerprint density at radius 1 is 1.10 bits per heavy atom. The Hall–Kier alpha value is -1.58. The second kappa shape index (κ2) is 6.73. The topological polar surface area (TPSA) is 15.3 Å². The first kappa shape index (κ1) is 14.8. The molecule has 1 N–H and O–H groups in total. The molecule has 2 aromatic carbocycles. The lowest BCUT2D eigenvalue weighted by Crippen LogP contribution is -2.10. The number of anilines is 1. The van der Waals surface area contributed by atoms with Crippen molar-refractivity contribution < 1.29 is 4.39 Å². The highest BCUT2D eigenvalue weighted by molar-refractivity contribution is 6.30. The minimum Gasteiger partial charge on any atom is -0.381 e. The largest absolute Gasteiger partial charge is 0.381 e. The molecule has 0 unspecified atom stereocenters. The van der Waals surface area contributed by atoms with Gasteiger partial charge in [-0.1, -0.05) is 35.9 Å². The summed E-state index contributed by atoms with van der Waals surface area (Å²) >= 11 is 5.76. The van der Waals surface area contributed by atoms with Crippen LogP contribution in [0.25, 0.3) is 0 Å². The summed E-state index contributed by atoms with van der Waals surface area (Å²) in [7, 11) is 4.07. The Balaban J connectivity index is 1.99. The van der Waals surface area contributed by atoms with Gasteiger partial charge in [-0.3, -0.25) is 0 Å². The third kappa shape index (κ3) is 3.95. The van der Waals surface area contributed by atoms with Gasteiger partial charge in [0.2, 0.25) is 0 Å². The van der Waals surface area contributed by atoms with Gasteiger partial charge in [-0.25, -0.2) is 4.39 Å². The molecule has 0 amide bonds. The fourth-order valence-corrected chi connectivity index (χ4v) is 2.17. The Morgan fingerprint density at radius 2 is 1.80 bits per heavy atom. The van der Waals surface area contributed by atoms with Crippen molar-refractivity contribution in [2.45, 2.75) is 13.1 Å². The average molecular weight is 293 g/mol. The summed E-state index contributed by atoms with van der Waals surface area (Å²) < 4.78 is 13.7. The van der Waals surface area contributed by atoms with Gasteiger partial charge < -0.3 is 10.2 Å². The van der Waals surface area contributed by atoms with E-state index in [1.807, 2.05) is 26.2 Å². The van der Waals surface area contributed by atoms with Gasteiger partial charge in [0.15, 0.2) is 0 Å². The zero-order valence-electron chi connectivity index (χ0n) is 11.7. The molecule has 0 spiro atoms. The fourth-order valence-electron chi connectivity index (χ4n) is 1.98. The SMILES string of the molecule is CN(C)Cc1ccc(NCc2cccc(Cl)c2F)cc1. The van der Waals surface area contributed by atoms with Gasteiger partial charge >= 0.3 is 0 Å². The van der Waals surface area contributed by atoms with Crippen LogP contribution in [0.2, 0.25) is 5.02 Å². The molecule has 20 heavy (non-hydrogen) atoms. The van der Waals surface area contributed by atoms with Crippen molar-refractivity contribution >= 4 is 17.3 Å². The smallest absolute Gasteiger partial charge is 0.146 e. The number of nitrogens with zero attached hydrogens (tertiary/aromatic N) is 1.